The number of benzene rings is 2. The van der Waals surface area contributed by atoms with Crippen molar-refractivity contribution in [3.63, 3.8) is 0 Å². The summed E-state index contributed by atoms with van der Waals surface area (Å²) in [6.45, 7) is 19.5. The zero-order chi connectivity index (χ0) is 30.8. The molecular formula is C37H54Cl2NOSiTi-. The Bertz CT molecular complexity index is 1300. The van der Waals surface area contributed by atoms with Crippen LogP contribution in [0.4, 0.5) is 5.69 Å². The molecule has 5 rings (SSSR count). The molecule has 0 spiro atoms. The van der Waals surface area contributed by atoms with Gasteiger partial charge in [0, 0.05) is 30.1 Å². The van der Waals surface area contributed by atoms with Gasteiger partial charge in [-0.3, -0.25) is 0 Å². The minimum atomic E-state index is -2.18. The first-order chi connectivity index (χ1) is 20.0. The number of hydrogen-bond acceptors (Lipinski definition) is 2. The molecule has 0 saturated heterocycles. The fourth-order valence-corrected chi connectivity index (χ4v) is 14.5. The quantitative estimate of drug-likeness (QED) is 0.171. The number of aryl methyl sites for hydroxylation is 2. The Balaban J connectivity index is 0.00000121. The van der Waals surface area contributed by atoms with Crippen molar-refractivity contribution in [3.05, 3.63) is 84.3 Å². The SMILES string of the molecule is CCCCCN1c2ccc(C)cc2C2C1C1C=CC=CC1C2[Si](CC)(CC)c1cc(C)cc(C(C)(C)C)c1O.[CH3-].[Cl][Ti][Cl]. The van der Waals surface area contributed by atoms with Gasteiger partial charge in [0.05, 0.1) is 8.07 Å². The van der Waals surface area contributed by atoms with Crippen LogP contribution in [0, 0.1) is 33.1 Å². The summed E-state index contributed by atoms with van der Waals surface area (Å²) in [5.74, 6) is 2.16. The Labute approximate surface area is 281 Å². The summed E-state index contributed by atoms with van der Waals surface area (Å²) >= 11 is -0.556. The maximum absolute atomic E-state index is 12.1. The van der Waals surface area contributed by atoms with Crippen LogP contribution in [0.2, 0.25) is 17.6 Å². The van der Waals surface area contributed by atoms with Crippen LogP contribution in [0.5, 0.6) is 5.75 Å². The molecule has 1 fully saturated rings. The van der Waals surface area contributed by atoms with Crippen molar-refractivity contribution >= 4 is 37.6 Å². The molecule has 2 aromatic rings. The van der Waals surface area contributed by atoms with E-state index in [9.17, 15) is 5.11 Å². The van der Waals surface area contributed by atoms with E-state index in [4.69, 9.17) is 18.6 Å². The minimum absolute atomic E-state index is 0. The van der Waals surface area contributed by atoms with Gasteiger partial charge >= 0.3 is 35.6 Å². The van der Waals surface area contributed by atoms with E-state index in [-0.39, 0.29) is 12.8 Å². The second kappa shape index (κ2) is 15.1. The Morgan fingerprint density at radius 3 is 2.12 bits per heavy atom. The van der Waals surface area contributed by atoms with Gasteiger partial charge in [0.15, 0.2) is 0 Å². The second-order valence-corrected chi connectivity index (χ2v) is 21.3. The van der Waals surface area contributed by atoms with E-state index in [1.165, 1.54) is 41.3 Å². The molecule has 5 unspecified atom stereocenters. The number of unbranched alkanes of at least 4 members (excludes halogenated alkanes) is 2. The van der Waals surface area contributed by atoms with Gasteiger partial charge in [0.1, 0.15) is 5.75 Å². The zero-order valence-corrected chi connectivity index (χ0v) is 32.0. The molecule has 1 heterocycles. The molecule has 236 valence electrons. The number of nitrogens with zero attached hydrogens (tertiary/aromatic N) is 1. The van der Waals surface area contributed by atoms with Crippen molar-refractivity contribution in [1.82, 2.24) is 0 Å². The number of allylic oxidation sites excluding steroid dienone is 3. The average Bonchev–Trinajstić information content (AvgIpc) is 3.44. The molecule has 1 N–H and O–H groups in total. The van der Waals surface area contributed by atoms with Crippen LogP contribution in [-0.4, -0.2) is 25.8 Å². The van der Waals surface area contributed by atoms with E-state index in [0.717, 1.165) is 24.2 Å². The van der Waals surface area contributed by atoms with Gasteiger partial charge in [-0.1, -0.05) is 126 Å². The predicted molar refractivity (Wildman–Crippen MR) is 190 cm³/mol. The predicted octanol–water partition coefficient (Wildman–Crippen LogP) is 10.7. The third kappa shape index (κ3) is 6.78. The molecule has 1 aliphatic heterocycles. The molecule has 6 heteroatoms. The third-order valence-electron chi connectivity index (χ3n) is 10.5. The fourth-order valence-electron chi connectivity index (χ4n) is 8.70. The number of phenols is 1. The number of hydrogen-bond donors (Lipinski definition) is 1. The van der Waals surface area contributed by atoms with Gasteiger partial charge in [0.2, 0.25) is 0 Å². The molecule has 3 aliphatic rings. The van der Waals surface area contributed by atoms with Crippen molar-refractivity contribution in [2.24, 2.45) is 11.8 Å². The first kappa shape index (κ1) is 36.5. The van der Waals surface area contributed by atoms with Gasteiger partial charge in [0.25, 0.3) is 0 Å². The van der Waals surface area contributed by atoms with Gasteiger partial charge in [-0.05, 0) is 59.5 Å². The summed E-state index contributed by atoms with van der Waals surface area (Å²) in [7, 11) is 7.60. The van der Waals surface area contributed by atoms with Crippen molar-refractivity contribution in [1.29, 1.82) is 0 Å². The third-order valence-corrected chi connectivity index (χ3v) is 16.5. The van der Waals surface area contributed by atoms with E-state index in [2.05, 4.69) is 115 Å². The van der Waals surface area contributed by atoms with E-state index in [0.29, 0.717) is 35.1 Å². The molecule has 0 amide bonds. The number of aromatic hydroxyl groups is 1. The van der Waals surface area contributed by atoms with Gasteiger partial charge in [-0.25, -0.2) is 0 Å². The van der Waals surface area contributed by atoms with Crippen LogP contribution in [0.25, 0.3) is 0 Å². The van der Waals surface area contributed by atoms with Gasteiger partial charge < -0.3 is 17.4 Å². The first-order valence-electron chi connectivity index (χ1n) is 16.0. The van der Waals surface area contributed by atoms with Crippen LogP contribution >= 0.6 is 18.6 Å². The molecule has 0 radical (unpaired) electrons. The normalized spacial score (nSPS) is 23.6. The molecule has 2 aromatic carbocycles. The van der Waals surface area contributed by atoms with Crippen LogP contribution in [0.15, 0.2) is 54.6 Å². The van der Waals surface area contributed by atoms with Crippen molar-refractivity contribution in [3.8, 4) is 5.75 Å². The topological polar surface area (TPSA) is 23.5 Å². The Hall–Kier alpha value is -0.969. The van der Waals surface area contributed by atoms with Crippen molar-refractivity contribution in [2.45, 2.75) is 110 Å². The molecule has 5 atom stereocenters. The fraction of sp³-hybridized carbons (Fsp3) is 0.541. The van der Waals surface area contributed by atoms with Crippen LogP contribution < -0.4 is 10.1 Å². The molecule has 2 nitrogen and oxygen atoms in total. The van der Waals surface area contributed by atoms with Crippen molar-refractivity contribution in [2.75, 3.05) is 11.4 Å². The van der Waals surface area contributed by atoms with E-state index in [1.54, 1.807) is 5.56 Å². The molecule has 43 heavy (non-hydrogen) atoms. The number of rotatable bonds is 8. The standard InChI is InChI=1S/C36H51NOSi.CH3.2ClH.Ti/c1-9-12-15-20-37-30-19-18-24(4)21-28(30)32-33(37)26-16-13-14-17-27(26)35(32)39(10-2,11-3)31-23-25(5)22-29(34(31)38)36(6,7)8;;;;/h13-14,16-19,21-23,26-27,32-33,35,38H,9-12,15,20H2,1-8H3;1H3;2*1H;/q;-1;;;+2/p-2. The maximum atomic E-state index is 12.1. The van der Waals surface area contributed by atoms with Crippen LogP contribution in [0.1, 0.15) is 89.0 Å². The monoisotopic (exact) mass is 674 g/mol. The summed E-state index contributed by atoms with van der Waals surface area (Å²) in [4.78, 5) is 2.82. The van der Waals surface area contributed by atoms with Gasteiger partial charge in [-0.15, -0.1) is 0 Å². The van der Waals surface area contributed by atoms with E-state index < -0.39 is 25.1 Å². The first-order valence-corrected chi connectivity index (χ1v) is 22.8. The number of fused-ring (bicyclic) bond motifs is 5. The zero-order valence-electron chi connectivity index (χ0n) is 28.0. The van der Waals surface area contributed by atoms with Crippen LogP contribution in [0.3, 0.4) is 0 Å². The summed E-state index contributed by atoms with van der Waals surface area (Å²) in [5.41, 5.74) is 7.31. The molecule has 2 aliphatic carbocycles. The summed E-state index contributed by atoms with van der Waals surface area (Å²) in [5, 5.41) is 13.4. The molecule has 0 aromatic heterocycles. The molecular weight excluding hydrogens is 621 g/mol. The number of anilines is 1. The Morgan fingerprint density at radius 2 is 1.53 bits per heavy atom. The van der Waals surface area contributed by atoms with Gasteiger partial charge in [-0.2, -0.15) is 0 Å². The van der Waals surface area contributed by atoms with Crippen LogP contribution in [-0.2, 0) is 22.4 Å². The van der Waals surface area contributed by atoms with E-state index >= 15 is 0 Å². The average molecular weight is 676 g/mol. The number of phenolic OH excluding ortho intramolecular Hbond substituents is 1. The van der Waals surface area contributed by atoms with Crippen molar-refractivity contribution < 1.29 is 22.1 Å². The summed E-state index contributed by atoms with van der Waals surface area (Å²) in [6.07, 6.45) is 13.5. The molecule has 1 saturated carbocycles. The summed E-state index contributed by atoms with van der Waals surface area (Å²) in [6, 6.07) is 14.7. The molecule has 0 bridgehead atoms. The number of halogens is 2. The Kier molecular flexibility index (Phi) is 12.8. The second-order valence-electron chi connectivity index (χ2n) is 13.8. The van der Waals surface area contributed by atoms with E-state index in [1.807, 2.05) is 0 Å². The summed E-state index contributed by atoms with van der Waals surface area (Å²) < 4.78 is 0. The Morgan fingerprint density at radius 1 is 0.907 bits per heavy atom.